The highest BCUT2D eigenvalue weighted by Crippen LogP contribution is 2.73. The summed E-state index contributed by atoms with van der Waals surface area (Å²) in [5.41, 5.74) is 9.04. The number of nitrogens with zero attached hydrogens (tertiary/aromatic N) is 3. The first-order valence-electron chi connectivity index (χ1n) is 20.1. The Hall–Kier alpha value is -7.78. The topological polar surface area (TPSA) is 46.8 Å². The van der Waals surface area contributed by atoms with E-state index in [-0.39, 0.29) is 0 Å². The lowest BCUT2D eigenvalue weighted by Gasteiger charge is -2.42. The summed E-state index contributed by atoms with van der Waals surface area (Å²) in [6.07, 6.45) is 0. The number of fused-ring (bicyclic) bond motifs is 10. The Balaban J connectivity index is 1.17. The lowest BCUT2D eigenvalue weighted by Crippen LogP contribution is -2.07. The molecule has 12 rings (SSSR count). The molecule has 0 radical (unpaired) electrons. The molecule has 0 fully saturated rings. The lowest BCUT2D eigenvalue weighted by atomic mass is 10.1. The summed E-state index contributed by atoms with van der Waals surface area (Å²) in [6, 6.07) is 78.8. The molecule has 0 spiro atoms. The lowest BCUT2D eigenvalue weighted by molar-refractivity contribution is 0.669. The molecule has 3 aromatic heterocycles. The van der Waals surface area contributed by atoms with Crippen molar-refractivity contribution < 1.29 is 4.42 Å². The number of rotatable bonds is 6. The van der Waals surface area contributed by atoms with Crippen LogP contribution in [0.1, 0.15) is 5.56 Å². The maximum absolute atomic E-state index is 9.85. The summed E-state index contributed by atoms with van der Waals surface area (Å²) in [5.74, 6) is 0. The van der Waals surface area contributed by atoms with Gasteiger partial charge in [-0.1, -0.05) is 103 Å². The molecule has 282 valence electrons. The molecule has 3 heterocycles. The molecule has 0 unspecified atom stereocenters. The zero-order chi connectivity index (χ0) is 39.8. The van der Waals surface area contributed by atoms with E-state index in [0.29, 0.717) is 5.56 Å². The van der Waals surface area contributed by atoms with Crippen LogP contribution in [0, 0.1) is 11.3 Å². The molecule has 0 amide bonds. The third-order valence-electron chi connectivity index (χ3n) is 12.0. The minimum Gasteiger partial charge on any atom is -0.456 e. The molecule has 60 heavy (non-hydrogen) atoms. The normalized spacial score (nSPS) is 12.2. The molecule has 0 aliphatic heterocycles. The quantitative estimate of drug-likeness (QED) is 0.169. The molecule has 5 heteroatoms. The van der Waals surface area contributed by atoms with Gasteiger partial charge in [0, 0.05) is 57.9 Å². The number of furan rings is 1. The fourth-order valence-corrected chi connectivity index (χ4v) is 13.5. The fourth-order valence-electron chi connectivity index (χ4n) is 9.55. The van der Waals surface area contributed by atoms with Crippen LogP contribution in [0.5, 0.6) is 0 Å². The smallest absolute Gasteiger partial charge is 0.137 e. The fraction of sp³-hybridized carbons (Fsp3) is 0. The second-order valence-corrected chi connectivity index (χ2v) is 18.3. The summed E-state index contributed by atoms with van der Waals surface area (Å²) in [6.45, 7) is 0. The van der Waals surface area contributed by atoms with Gasteiger partial charge in [0.1, 0.15) is 11.2 Å². The number of hydrogen-bond acceptors (Lipinski definition) is 2. The standard InChI is InChI=1S/C55H35N3OS/c56-36-37-29-31-51-48(33-37)45-24-8-10-26-49(45)57(51)38-15-13-21-42(34-38)60(40-17-3-1-4-18-40,41-19-5-2-6-20-41)43-22-14-16-39(35-43)58-50-27-11-7-23-44(50)46-30-32-53-54(55(46)58)47-25-9-12-28-52(47)59-53/h1-35H. The van der Waals surface area contributed by atoms with Crippen LogP contribution in [0.2, 0.25) is 0 Å². The van der Waals surface area contributed by atoms with Gasteiger partial charge in [0.05, 0.1) is 39.1 Å². The van der Waals surface area contributed by atoms with Crippen molar-refractivity contribution >= 4 is 75.6 Å². The van der Waals surface area contributed by atoms with Crippen molar-refractivity contribution in [2.75, 3.05) is 0 Å². The van der Waals surface area contributed by atoms with Gasteiger partial charge in [-0.3, -0.25) is 0 Å². The van der Waals surface area contributed by atoms with Gasteiger partial charge in [-0.2, -0.15) is 5.26 Å². The maximum Gasteiger partial charge on any atom is 0.137 e. The van der Waals surface area contributed by atoms with E-state index in [1.54, 1.807) is 0 Å². The summed E-state index contributed by atoms with van der Waals surface area (Å²) in [7, 11) is -2.12. The Labute approximate surface area is 347 Å². The van der Waals surface area contributed by atoms with Crippen molar-refractivity contribution in [3.8, 4) is 17.4 Å². The van der Waals surface area contributed by atoms with Gasteiger partial charge in [0.25, 0.3) is 0 Å². The van der Waals surface area contributed by atoms with E-state index in [9.17, 15) is 5.26 Å². The van der Waals surface area contributed by atoms with Gasteiger partial charge in [-0.15, -0.1) is 10.0 Å². The van der Waals surface area contributed by atoms with Gasteiger partial charge in [-0.25, -0.2) is 0 Å². The Morgan fingerprint density at radius 1 is 0.383 bits per heavy atom. The van der Waals surface area contributed by atoms with Crippen molar-refractivity contribution in [3.05, 3.63) is 218 Å². The summed E-state index contributed by atoms with van der Waals surface area (Å²) < 4.78 is 11.3. The largest absolute Gasteiger partial charge is 0.456 e. The molecular weight excluding hydrogens is 751 g/mol. The van der Waals surface area contributed by atoms with Crippen LogP contribution in [0.4, 0.5) is 0 Å². The predicted octanol–water partition coefficient (Wildman–Crippen LogP) is 15.0. The van der Waals surface area contributed by atoms with E-state index in [2.05, 4.69) is 209 Å². The second kappa shape index (κ2) is 13.4. The number of benzene rings is 9. The van der Waals surface area contributed by atoms with Crippen LogP contribution in [0.15, 0.2) is 236 Å². The van der Waals surface area contributed by atoms with Crippen LogP contribution in [0.25, 0.3) is 76.9 Å². The summed E-state index contributed by atoms with van der Waals surface area (Å²) >= 11 is 0. The van der Waals surface area contributed by atoms with Crippen LogP contribution < -0.4 is 0 Å². The maximum atomic E-state index is 9.85. The zero-order valence-electron chi connectivity index (χ0n) is 32.4. The molecule has 12 aromatic rings. The summed E-state index contributed by atoms with van der Waals surface area (Å²) in [4.78, 5) is 4.94. The molecule has 0 saturated heterocycles. The van der Waals surface area contributed by atoms with Crippen LogP contribution >= 0.6 is 10.0 Å². The summed E-state index contributed by atoms with van der Waals surface area (Å²) in [5, 5.41) is 16.7. The van der Waals surface area contributed by atoms with E-state index in [1.807, 2.05) is 18.2 Å². The number of para-hydroxylation sites is 3. The van der Waals surface area contributed by atoms with E-state index >= 15 is 0 Å². The number of aromatic nitrogens is 2. The molecule has 0 aliphatic rings. The van der Waals surface area contributed by atoms with E-state index < -0.39 is 10.0 Å². The van der Waals surface area contributed by atoms with Crippen LogP contribution in [-0.2, 0) is 0 Å². The Morgan fingerprint density at radius 2 is 0.917 bits per heavy atom. The van der Waals surface area contributed by atoms with Crippen molar-refractivity contribution in [1.82, 2.24) is 9.13 Å². The van der Waals surface area contributed by atoms with Gasteiger partial charge >= 0.3 is 0 Å². The molecule has 9 aromatic carbocycles. The highest BCUT2D eigenvalue weighted by Gasteiger charge is 2.34. The molecule has 4 nitrogen and oxygen atoms in total. The predicted molar refractivity (Wildman–Crippen MR) is 247 cm³/mol. The minimum absolute atomic E-state index is 0.653. The van der Waals surface area contributed by atoms with Gasteiger partial charge in [0.15, 0.2) is 0 Å². The van der Waals surface area contributed by atoms with Crippen molar-refractivity contribution in [3.63, 3.8) is 0 Å². The van der Waals surface area contributed by atoms with Crippen LogP contribution in [-0.4, -0.2) is 9.13 Å². The third-order valence-corrected chi connectivity index (χ3v) is 15.9. The van der Waals surface area contributed by atoms with E-state index in [1.165, 1.54) is 30.4 Å². The number of hydrogen-bond donors (Lipinski definition) is 0. The molecule has 0 bridgehead atoms. The SMILES string of the molecule is N#Cc1ccc2c(c1)c1ccccc1n2-c1cccc(S(c2ccccc2)(c2ccccc2)c2cccc(-n3c4ccccc4c4ccc5oc6ccccc6c5c43)c2)c1. The zero-order valence-corrected chi connectivity index (χ0v) is 33.2. The third kappa shape index (κ3) is 4.92. The van der Waals surface area contributed by atoms with Gasteiger partial charge < -0.3 is 13.6 Å². The van der Waals surface area contributed by atoms with E-state index in [4.69, 9.17) is 4.42 Å². The molecule has 0 aliphatic carbocycles. The first-order chi connectivity index (χ1) is 29.7. The van der Waals surface area contributed by atoms with Crippen molar-refractivity contribution in [2.24, 2.45) is 0 Å². The van der Waals surface area contributed by atoms with Gasteiger partial charge in [0.2, 0.25) is 0 Å². The average Bonchev–Trinajstić information content (AvgIpc) is 3.98. The first-order valence-corrected chi connectivity index (χ1v) is 21.8. The molecule has 0 atom stereocenters. The Kier molecular flexibility index (Phi) is 7.65. The van der Waals surface area contributed by atoms with Crippen molar-refractivity contribution in [2.45, 2.75) is 19.6 Å². The van der Waals surface area contributed by atoms with Crippen molar-refractivity contribution in [1.29, 1.82) is 5.26 Å². The van der Waals surface area contributed by atoms with Crippen LogP contribution in [0.3, 0.4) is 0 Å². The monoisotopic (exact) mass is 785 g/mol. The molecule has 0 N–H and O–H groups in total. The average molecular weight is 786 g/mol. The first kappa shape index (κ1) is 34.3. The van der Waals surface area contributed by atoms with Gasteiger partial charge in [-0.05, 0) is 109 Å². The van der Waals surface area contributed by atoms with E-state index in [0.717, 1.165) is 66.2 Å². The molecule has 0 saturated carbocycles. The number of nitriles is 1. The highest BCUT2D eigenvalue weighted by molar-refractivity contribution is 8.34. The Bertz CT molecular complexity index is 3640. The second-order valence-electron chi connectivity index (χ2n) is 15.2. The molecular formula is C55H35N3OS. The minimum atomic E-state index is -2.12. The highest BCUT2D eigenvalue weighted by atomic mass is 32.3. The Morgan fingerprint density at radius 3 is 1.58 bits per heavy atom.